The highest BCUT2D eigenvalue weighted by Crippen LogP contribution is 2.27. The summed E-state index contributed by atoms with van der Waals surface area (Å²) in [6.07, 6.45) is -0.535. The molecule has 1 aliphatic heterocycles. The molecule has 0 spiro atoms. The first-order valence-corrected chi connectivity index (χ1v) is 9.02. The minimum absolute atomic E-state index is 0.0234. The molecule has 0 saturated carbocycles. The predicted octanol–water partition coefficient (Wildman–Crippen LogP) is 2.81. The maximum absolute atomic E-state index is 12.7. The van der Waals surface area contributed by atoms with E-state index in [1.165, 1.54) is 5.56 Å². The molecule has 1 fully saturated rings. The number of para-hydroxylation sites is 2. The van der Waals surface area contributed by atoms with E-state index >= 15 is 0 Å². The van der Waals surface area contributed by atoms with Gasteiger partial charge in [0.2, 0.25) is 0 Å². The molecule has 1 amide bonds. The molecule has 1 aliphatic rings. The Morgan fingerprint density at radius 1 is 0.962 bits per heavy atom. The summed E-state index contributed by atoms with van der Waals surface area (Å²) in [6.45, 7) is 5.93. The van der Waals surface area contributed by atoms with E-state index in [2.05, 4.69) is 29.2 Å². The Hall–Kier alpha value is -2.53. The Labute approximate surface area is 155 Å². The molecule has 3 rings (SSSR count). The number of rotatable bonds is 6. The number of hydrogen-bond donors (Lipinski definition) is 0. The Morgan fingerprint density at radius 3 is 2.23 bits per heavy atom. The highest BCUT2D eigenvalue weighted by molar-refractivity contribution is 5.81. The van der Waals surface area contributed by atoms with Crippen LogP contribution in [0.2, 0.25) is 0 Å². The number of carbonyl (C=O) groups is 1. The number of carbonyl (C=O) groups excluding carboxylic acids is 1. The highest BCUT2D eigenvalue weighted by Gasteiger charge is 2.26. The molecule has 5 nitrogen and oxygen atoms in total. The first kappa shape index (κ1) is 18.3. The van der Waals surface area contributed by atoms with Crippen molar-refractivity contribution < 1.29 is 14.3 Å². The van der Waals surface area contributed by atoms with Gasteiger partial charge in [-0.05, 0) is 24.6 Å². The lowest BCUT2D eigenvalue weighted by Crippen LogP contribution is -2.51. The van der Waals surface area contributed by atoms with Gasteiger partial charge in [0.1, 0.15) is 0 Å². The van der Waals surface area contributed by atoms with Gasteiger partial charge in [-0.25, -0.2) is 0 Å². The van der Waals surface area contributed by atoms with Gasteiger partial charge in [0, 0.05) is 32.7 Å². The van der Waals surface area contributed by atoms with Crippen LogP contribution in [0.5, 0.6) is 11.5 Å². The van der Waals surface area contributed by atoms with E-state index in [4.69, 9.17) is 9.47 Å². The SMILES string of the molecule is COc1ccccc1OC(C)C(=O)N1CCN(Cc2ccccc2)CC1. The highest BCUT2D eigenvalue weighted by atomic mass is 16.5. The lowest BCUT2D eigenvalue weighted by Gasteiger charge is -2.36. The number of piperazine rings is 1. The number of methoxy groups -OCH3 is 1. The lowest BCUT2D eigenvalue weighted by molar-refractivity contribution is -0.139. The Bertz CT molecular complexity index is 712. The fraction of sp³-hybridized carbons (Fsp3) is 0.381. The van der Waals surface area contributed by atoms with E-state index in [-0.39, 0.29) is 5.91 Å². The molecule has 1 atom stereocenters. The van der Waals surface area contributed by atoms with Crippen LogP contribution in [0.1, 0.15) is 12.5 Å². The maximum atomic E-state index is 12.7. The van der Waals surface area contributed by atoms with E-state index in [1.807, 2.05) is 35.2 Å². The van der Waals surface area contributed by atoms with Crippen molar-refractivity contribution in [2.75, 3.05) is 33.3 Å². The van der Waals surface area contributed by atoms with Crippen LogP contribution in [-0.2, 0) is 11.3 Å². The van der Waals surface area contributed by atoms with Gasteiger partial charge in [0.05, 0.1) is 7.11 Å². The second-order valence-corrected chi connectivity index (χ2v) is 6.50. The summed E-state index contributed by atoms with van der Waals surface area (Å²) in [7, 11) is 1.60. The Kier molecular flexibility index (Phi) is 6.12. The van der Waals surface area contributed by atoms with E-state index in [0.717, 1.165) is 32.7 Å². The second kappa shape index (κ2) is 8.72. The first-order valence-electron chi connectivity index (χ1n) is 9.02. The lowest BCUT2D eigenvalue weighted by atomic mass is 10.2. The topological polar surface area (TPSA) is 42.0 Å². The molecule has 1 unspecified atom stereocenters. The van der Waals surface area contributed by atoms with Crippen molar-refractivity contribution in [3.05, 3.63) is 60.2 Å². The summed E-state index contributed by atoms with van der Waals surface area (Å²) >= 11 is 0. The van der Waals surface area contributed by atoms with Crippen LogP contribution >= 0.6 is 0 Å². The molecule has 0 bridgehead atoms. The van der Waals surface area contributed by atoms with Gasteiger partial charge in [-0.1, -0.05) is 42.5 Å². The third-order valence-electron chi connectivity index (χ3n) is 4.65. The normalized spacial score (nSPS) is 16.2. The predicted molar refractivity (Wildman–Crippen MR) is 101 cm³/mol. The van der Waals surface area contributed by atoms with Crippen LogP contribution in [0.15, 0.2) is 54.6 Å². The van der Waals surface area contributed by atoms with Gasteiger partial charge in [-0.15, -0.1) is 0 Å². The third kappa shape index (κ3) is 4.55. The largest absolute Gasteiger partial charge is 0.493 e. The minimum Gasteiger partial charge on any atom is -0.493 e. The summed E-state index contributed by atoms with van der Waals surface area (Å²) in [6, 6.07) is 17.8. The monoisotopic (exact) mass is 354 g/mol. The van der Waals surface area contributed by atoms with Crippen molar-refractivity contribution in [2.24, 2.45) is 0 Å². The zero-order chi connectivity index (χ0) is 18.4. The summed E-state index contributed by atoms with van der Waals surface area (Å²) in [4.78, 5) is 17.0. The average Bonchev–Trinajstić information content (AvgIpc) is 2.69. The van der Waals surface area contributed by atoms with Crippen molar-refractivity contribution in [1.29, 1.82) is 0 Å². The van der Waals surface area contributed by atoms with E-state index in [0.29, 0.717) is 11.5 Å². The van der Waals surface area contributed by atoms with Crippen molar-refractivity contribution in [3.63, 3.8) is 0 Å². The van der Waals surface area contributed by atoms with Gasteiger partial charge in [0.15, 0.2) is 17.6 Å². The van der Waals surface area contributed by atoms with Gasteiger partial charge >= 0.3 is 0 Å². The zero-order valence-electron chi connectivity index (χ0n) is 15.4. The van der Waals surface area contributed by atoms with Gasteiger partial charge in [-0.2, -0.15) is 0 Å². The molecule has 26 heavy (non-hydrogen) atoms. The molecule has 2 aromatic carbocycles. The molecular formula is C21H26N2O3. The van der Waals surface area contributed by atoms with Crippen molar-refractivity contribution >= 4 is 5.91 Å². The van der Waals surface area contributed by atoms with Crippen LogP contribution in [0.4, 0.5) is 0 Å². The fourth-order valence-corrected chi connectivity index (χ4v) is 3.18. The van der Waals surface area contributed by atoms with E-state index in [9.17, 15) is 4.79 Å². The zero-order valence-corrected chi connectivity index (χ0v) is 15.4. The summed E-state index contributed by atoms with van der Waals surface area (Å²) in [5.41, 5.74) is 1.31. The van der Waals surface area contributed by atoms with Crippen molar-refractivity contribution in [1.82, 2.24) is 9.80 Å². The smallest absolute Gasteiger partial charge is 0.263 e. The molecular weight excluding hydrogens is 328 g/mol. The van der Waals surface area contributed by atoms with Crippen molar-refractivity contribution in [2.45, 2.75) is 19.6 Å². The molecule has 138 valence electrons. The molecule has 0 N–H and O–H groups in total. The molecule has 1 heterocycles. The van der Waals surface area contributed by atoms with Gasteiger partial charge in [0.25, 0.3) is 5.91 Å². The number of amides is 1. The van der Waals surface area contributed by atoms with Crippen LogP contribution in [0.3, 0.4) is 0 Å². The summed E-state index contributed by atoms with van der Waals surface area (Å²) in [5.74, 6) is 1.26. The minimum atomic E-state index is -0.535. The number of nitrogens with zero attached hydrogens (tertiary/aromatic N) is 2. The number of ether oxygens (including phenoxy) is 2. The van der Waals surface area contributed by atoms with Crippen molar-refractivity contribution in [3.8, 4) is 11.5 Å². The summed E-state index contributed by atoms with van der Waals surface area (Å²) in [5, 5.41) is 0. The van der Waals surface area contributed by atoms with Crippen LogP contribution < -0.4 is 9.47 Å². The number of benzene rings is 2. The standard InChI is InChI=1S/C21H26N2O3/c1-17(26-20-11-7-6-10-19(20)25-2)21(24)23-14-12-22(13-15-23)16-18-8-4-3-5-9-18/h3-11,17H,12-16H2,1-2H3. The second-order valence-electron chi connectivity index (χ2n) is 6.50. The third-order valence-corrected chi connectivity index (χ3v) is 4.65. The fourth-order valence-electron chi connectivity index (χ4n) is 3.18. The first-order chi connectivity index (χ1) is 12.7. The Morgan fingerprint density at radius 2 is 1.58 bits per heavy atom. The number of hydrogen-bond acceptors (Lipinski definition) is 4. The van der Waals surface area contributed by atoms with E-state index in [1.54, 1.807) is 14.0 Å². The molecule has 0 radical (unpaired) electrons. The van der Waals surface area contributed by atoms with Crippen LogP contribution in [0.25, 0.3) is 0 Å². The van der Waals surface area contributed by atoms with Crippen LogP contribution in [-0.4, -0.2) is 55.1 Å². The summed E-state index contributed by atoms with van der Waals surface area (Å²) < 4.78 is 11.1. The Balaban J connectivity index is 1.51. The average molecular weight is 354 g/mol. The quantitative estimate of drug-likeness (QED) is 0.800. The van der Waals surface area contributed by atoms with Gasteiger partial charge < -0.3 is 14.4 Å². The van der Waals surface area contributed by atoms with Crippen LogP contribution in [0, 0.1) is 0 Å². The molecule has 0 aliphatic carbocycles. The van der Waals surface area contributed by atoms with E-state index < -0.39 is 6.10 Å². The maximum Gasteiger partial charge on any atom is 0.263 e. The molecule has 2 aromatic rings. The van der Waals surface area contributed by atoms with Gasteiger partial charge in [-0.3, -0.25) is 9.69 Å². The molecule has 0 aromatic heterocycles. The molecule has 5 heteroatoms. The molecule has 1 saturated heterocycles.